The van der Waals surface area contributed by atoms with Crippen LogP contribution >= 0.6 is 0 Å². The lowest BCUT2D eigenvalue weighted by Crippen LogP contribution is -2.68. The number of hydrogen-bond acceptors (Lipinski definition) is 3. The molecule has 1 aromatic heterocycles. The quantitative estimate of drug-likeness (QED) is 0.394. The van der Waals surface area contributed by atoms with Crippen LogP contribution in [0.4, 0.5) is 0 Å². The van der Waals surface area contributed by atoms with Crippen LogP contribution in [0.2, 0.25) is 0 Å². The number of unbranched alkanes of at least 4 members (excludes halogenated alkanes) is 2. The highest BCUT2D eigenvalue weighted by molar-refractivity contribution is 5.83. The van der Waals surface area contributed by atoms with Crippen LogP contribution in [0.15, 0.2) is 43.1 Å². The molecule has 3 aliphatic heterocycles. The van der Waals surface area contributed by atoms with E-state index in [4.69, 9.17) is 4.74 Å². The van der Waals surface area contributed by atoms with Crippen molar-refractivity contribution >= 4 is 10.9 Å². The number of hydrogen-bond donors (Lipinski definition) is 1. The van der Waals surface area contributed by atoms with Gasteiger partial charge in [-0.25, -0.2) is 0 Å². The molecule has 1 aromatic carbocycles. The second-order valence-corrected chi connectivity index (χ2v) is 9.03. The highest BCUT2D eigenvalue weighted by Crippen LogP contribution is 2.47. The molecule has 29 heavy (non-hydrogen) atoms. The molecule has 0 amide bonds. The first-order valence-electron chi connectivity index (χ1n) is 11.2. The van der Waals surface area contributed by atoms with Crippen molar-refractivity contribution in [3.8, 4) is 5.75 Å². The number of ether oxygens (including phenoxy) is 1. The molecule has 0 spiro atoms. The van der Waals surface area contributed by atoms with Crippen molar-refractivity contribution in [1.82, 2.24) is 4.98 Å². The van der Waals surface area contributed by atoms with E-state index >= 15 is 0 Å². The number of benzene rings is 1. The molecule has 4 nitrogen and oxygen atoms in total. The van der Waals surface area contributed by atoms with Crippen LogP contribution in [-0.4, -0.2) is 47.4 Å². The summed E-state index contributed by atoms with van der Waals surface area (Å²) in [6.45, 7) is 9.87. The van der Waals surface area contributed by atoms with E-state index in [-0.39, 0.29) is 6.04 Å². The maximum Gasteiger partial charge on any atom is 0.131 e. The van der Waals surface area contributed by atoms with Gasteiger partial charge in [-0.05, 0) is 48.6 Å². The topological polar surface area (TPSA) is 42.4 Å². The lowest BCUT2D eigenvalue weighted by molar-refractivity contribution is -0.973. The number of aliphatic hydroxyl groups is 1. The molecule has 3 unspecified atom stereocenters. The van der Waals surface area contributed by atoms with Gasteiger partial charge < -0.3 is 14.3 Å². The molecule has 156 valence electrons. The Morgan fingerprint density at radius 1 is 1.34 bits per heavy atom. The minimum atomic E-state index is -0.484. The number of aromatic nitrogens is 1. The van der Waals surface area contributed by atoms with Crippen LogP contribution in [0.5, 0.6) is 5.75 Å². The summed E-state index contributed by atoms with van der Waals surface area (Å²) in [5.41, 5.74) is 1.91. The predicted molar refractivity (Wildman–Crippen MR) is 118 cm³/mol. The number of methoxy groups -OCH3 is 1. The molecule has 3 fully saturated rings. The molecule has 4 heteroatoms. The first-order chi connectivity index (χ1) is 14.1. The average Bonchev–Trinajstić information content (AvgIpc) is 2.78. The molecule has 3 aliphatic rings. The van der Waals surface area contributed by atoms with Crippen molar-refractivity contribution in [2.45, 2.75) is 51.2 Å². The third-order valence-corrected chi connectivity index (χ3v) is 7.55. The van der Waals surface area contributed by atoms with E-state index in [0.29, 0.717) is 11.8 Å². The van der Waals surface area contributed by atoms with Crippen LogP contribution in [0.3, 0.4) is 0 Å². The fourth-order valence-electron chi connectivity index (χ4n) is 5.90. The van der Waals surface area contributed by atoms with Gasteiger partial charge in [-0.2, -0.15) is 0 Å². The summed E-state index contributed by atoms with van der Waals surface area (Å²) >= 11 is 0. The number of quaternary nitrogens is 1. The number of rotatable bonds is 8. The van der Waals surface area contributed by atoms with Crippen molar-refractivity contribution < 1.29 is 14.3 Å². The first-order valence-corrected chi connectivity index (χ1v) is 11.2. The zero-order chi connectivity index (χ0) is 20.4. The van der Waals surface area contributed by atoms with Gasteiger partial charge in [0.15, 0.2) is 0 Å². The minimum absolute atomic E-state index is 0.249. The Labute approximate surface area is 174 Å². The Hall–Kier alpha value is -1.91. The Kier molecular flexibility index (Phi) is 5.93. The third-order valence-electron chi connectivity index (χ3n) is 7.55. The van der Waals surface area contributed by atoms with Gasteiger partial charge in [0.25, 0.3) is 0 Å². The molecule has 0 aliphatic carbocycles. The maximum absolute atomic E-state index is 11.7. The molecule has 3 saturated heterocycles. The second kappa shape index (κ2) is 8.45. The Bertz CT molecular complexity index is 867. The fraction of sp³-hybridized carbons (Fsp3) is 0.560. The molecule has 5 rings (SSSR count). The summed E-state index contributed by atoms with van der Waals surface area (Å²) in [7, 11) is 1.68. The lowest BCUT2D eigenvalue weighted by atomic mass is 9.71. The van der Waals surface area contributed by atoms with Gasteiger partial charge in [-0.3, -0.25) is 4.98 Å². The number of piperidine rings is 3. The van der Waals surface area contributed by atoms with Gasteiger partial charge in [0.2, 0.25) is 0 Å². The van der Waals surface area contributed by atoms with Gasteiger partial charge in [-0.15, -0.1) is 6.58 Å². The van der Waals surface area contributed by atoms with Crippen molar-refractivity contribution in [3.05, 3.63) is 48.7 Å². The van der Waals surface area contributed by atoms with Crippen LogP contribution in [0.25, 0.3) is 10.9 Å². The average molecular weight is 396 g/mol. The van der Waals surface area contributed by atoms with Crippen LogP contribution < -0.4 is 4.74 Å². The van der Waals surface area contributed by atoms with E-state index in [1.165, 1.54) is 38.8 Å². The highest BCUT2D eigenvalue weighted by Gasteiger charge is 2.53. The van der Waals surface area contributed by atoms with Crippen LogP contribution in [-0.2, 0) is 0 Å². The summed E-state index contributed by atoms with van der Waals surface area (Å²) in [5, 5.41) is 12.7. The van der Waals surface area contributed by atoms with E-state index in [0.717, 1.165) is 39.7 Å². The zero-order valence-electron chi connectivity index (χ0n) is 17.9. The van der Waals surface area contributed by atoms with Crippen molar-refractivity contribution in [3.63, 3.8) is 0 Å². The number of fused-ring (bicyclic) bond motifs is 4. The van der Waals surface area contributed by atoms with Crippen molar-refractivity contribution in [2.24, 2.45) is 11.8 Å². The molecule has 2 bridgehead atoms. The van der Waals surface area contributed by atoms with E-state index in [2.05, 4.69) is 24.6 Å². The van der Waals surface area contributed by atoms with Crippen molar-refractivity contribution in [2.75, 3.05) is 26.7 Å². The third kappa shape index (κ3) is 3.69. The molecule has 4 heterocycles. The fourth-order valence-corrected chi connectivity index (χ4v) is 5.90. The first kappa shape index (κ1) is 20.4. The van der Waals surface area contributed by atoms with Crippen molar-refractivity contribution in [1.29, 1.82) is 0 Å². The number of aliphatic hydroxyl groups excluding tert-OH is 1. The zero-order valence-corrected chi connectivity index (χ0v) is 17.9. The SMILES string of the molecule is C=CC1C[N+]2(CCCCC)CCC1C[C@H]2[C@H](O)c1ccnc2ccc(OC)cc12. The number of pyridine rings is 1. The van der Waals surface area contributed by atoms with Crippen LogP contribution in [0, 0.1) is 11.8 Å². The molecule has 5 atom stereocenters. The maximum atomic E-state index is 11.7. The van der Waals surface area contributed by atoms with E-state index in [1.807, 2.05) is 30.5 Å². The summed E-state index contributed by atoms with van der Waals surface area (Å²) in [5.74, 6) is 2.05. The molecular weight excluding hydrogens is 360 g/mol. The Balaban J connectivity index is 1.70. The Morgan fingerprint density at radius 3 is 2.97 bits per heavy atom. The molecule has 2 aromatic rings. The summed E-state index contributed by atoms with van der Waals surface area (Å²) in [6, 6.07) is 8.19. The second-order valence-electron chi connectivity index (χ2n) is 9.03. The summed E-state index contributed by atoms with van der Waals surface area (Å²) in [6.07, 6.45) is 9.59. The largest absolute Gasteiger partial charge is 0.497 e. The monoisotopic (exact) mass is 395 g/mol. The highest BCUT2D eigenvalue weighted by atomic mass is 16.5. The van der Waals surface area contributed by atoms with Gasteiger partial charge in [-0.1, -0.05) is 19.4 Å². The molecule has 0 saturated carbocycles. The molecular formula is C25H35N2O2+. The van der Waals surface area contributed by atoms with E-state index in [9.17, 15) is 5.11 Å². The minimum Gasteiger partial charge on any atom is -0.497 e. The number of nitrogens with zero attached hydrogens (tertiary/aromatic N) is 2. The molecule has 1 N–H and O–H groups in total. The van der Waals surface area contributed by atoms with Gasteiger partial charge in [0.1, 0.15) is 17.9 Å². The standard InChI is InChI=1S/C25H35N2O2/c1-4-6-7-13-27-14-11-19(18(5-2)17-27)15-24(27)25(28)21-10-12-26-23-9-8-20(29-3)16-22(21)23/h5,8-10,12,16,18-19,24-25,28H,2,4,6-7,11,13-15,17H2,1,3H3/q+1/t18?,19?,24-,25+,27?/m0/s1. The van der Waals surface area contributed by atoms with E-state index in [1.54, 1.807) is 7.11 Å². The van der Waals surface area contributed by atoms with Crippen LogP contribution in [0.1, 0.15) is 50.7 Å². The van der Waals surface area contributed by atoms with Gasteiger partial charge >= 0.3 is 0 Å². The van der Waals surface area contributed by atoms with E-state index < -0.39 is 6.10 Å². The Morgan fingerprint density at radius 2 is 2.21 bits per heavy atom. The predicted octanol–water partition coefficient (Wildman–Crippen LogP) is 4.88. The lowest BCUT2D eigenvalue weighted by Gasteiger charge is -2.58. The molecule has 0 radical (unpaired) electrons. The summed E-state index contributed by atoms with van der Waals surface area (Å²) < 4.78 is 6.49. The summed E-state index contributed by atoms with van der Waals surface area (Å²) in [4.78, 5) is 4.51. The van der Waals surface area contributed by atoms with Gasteiger partial charge in [0, 0.05) is 30.3 Å². The van der Waals surface area contributed by atoms with Gasteiger partial charge in [0.05, 0.1) is 32.3 Å². The normalized spacial score (nSPS) is 29.7. The smallest absolute Gasteiger partial charge is 0.131 e.